The number of nitrogens with one attached hydrogen (secondary N) is 1. The van der Waals surface area contributed by atoms with Crippen molar-refractivity contribution in [2.45, 2.75) is 0 Å². The molecular weight excluding hydrogens is 238 g/mol. The van der Waals surface area contributed by atoms with Crippen LogP contribution in [-0.4, -0.2) is 10.1 Å². The van der Waals surface area contributed by atoms with E-state index in [4.69, 9.17) is 0 Å². The number of para-hydroxylation sites is 2. The Morgan fingerprint density at radius 3 is 2.47 bits per heavy atom. The van der Waals surface area contributed by atoms with E-state index in [1.54, 1.807) is 6.07 Å². The molecule has 15 heavy (non-hydrogen) atoms. The zero-order chi connectivity index (χ0) is 9.54. The Balaban J connectivity index is 0.000000853. The Hall–Kier alpha value is -1.44. The molecule has 0 fully saturated rings. The largest absolute Gasteiger partial charge is 0.506 e. The van der Waals surface area contributed by atoms with E-state index in [-0.39, 0.29) is 17.1 Å². The molecule has 0 aliphatic rings. The number of fused-ring (bicyclic) bond motifs is 3. The zero-order valence-corrected chi connectivity index (χ0v) is 8.73. The summed E-state index contributed by atoms with van der Waals surface area (Å²) in [7, 11) is 0. The van der Waals surface area contributed by atoms with Gasteiger partial charge >= 0.3 is 0 Å². The van der Waals surface area contributed by atoms with Gasteiger partial charge in [-0.3, -0.25) is 0 Å². The first-order chi connectivity index (χ1) is 6.86. The standard InChI is InChI=1S/C12H9NO.Cu/c14-11-7-3-5-9-8-4-1-2-6-10(8)13-12(9)11;/h1-7,13-14H;. The first-order valence-corrected chi connectivity index (χ1v) is 4.54. The molecule has 1 aromatic heterocycles. The number of benzene rings is 2. The van der Waals surface area contributed by atoms with Crippen molar-refractivity contribution in [2.24, 2.45) is 0 Å². The molecule has 0 unspecified atom stereocenters. The minimum atomic E-state index is 0. The minimum absolute atomic E-state index is 0. The Bertz CT molecular complexity index is 615. The number of hydrogen-bond donors (Lipinski definition) is 2. The van der Waals surface area contributed by atoms with Crippen LogP contribution in [0, 0.1) is 0 Å². The van der Waals surface area contributed by atoms with Crippen LogP contribution in [0.1, 0.15) is 0 Å². The molecule has 3 aromatic rings. The molecule has 0 aliphatic heterocycles. The van der Waals surface area contributed by atoms with Gasteiger partial charge in [0, 0.05) is 33.4 Å². The molecule has 0 atom stereocenters. The molecule has 1 heterocycles. The third kappa shape index (κ3) is 1.41. The molecule has 2 aromatic carbocycles. The first-order valence-electron chi connectivity index (χ1n) is 4.54. The summed E-state index contributed by atoms with van der Waals surface area (Å²) in [6.45, 7) is 0. The van der Waals surface area contributed by atoms with Crippen LogP contribution in [0.25, 0.3) is 21.8 Å². The van der Waals surface area contributed by atoms with Crippen molar-refractivity contribution in [1.29, 1.82) is 0 Å². The van der Waals surface area contributed by atoms with Crippen LogP contribution in [0.5, 0.6) is 5.75 Å². The number of hydrogen-bond acceptors (Lipinski definition) is 1. The molecule has 79 valence electrons. The molecule has 2 N–H and O–H groups in total. The molecule has 0 aliphatic carbocycles. The molecule has 0 spiro atoms. The van der Waals surface area contributed by atoms with E-state index >= 15 is 0 Å². The molecule has 0 saturated carbocycles. The summed E-state index contributed by atoms with van der Waals surface area (Å²) in [5.41, 5.74) is 1.87. The predicted molar refractivity (Wildman–Crippen MR) is 57.5 cm³/mol. The van der Waals surface area contributed by atoms with Gasteiger partial charge in [-0.2, -0.15) is 0 Å². The summed E-state index contributed by atoms with van der Waals surface area (Å²) in [6.07, 6.45) is 0. The maximum atomic E-state index is 9.64. The van der Waals surface area contributed by atoms with E-state index in [2.05, 4.69) is 4.98 Å². The van der Waals surface area contributed by atoms with Gasteiger partial charge in [0.05, 0.1) is 5.52 Å². The van der Waals surface area contributed by atoms with Gasteiger partial charge in [0.2, 0.25) is 0 Å². The Kier molecular flexibility index (Phi) is 2.43. The fourth-order valence-corrected chi connectivity index (χ4v) is 1.86. The van der Waals surface area contributed by atoms with E-state index < -0.39 is 0 Å². The second-order valence-electron chi connectivity index (χ2n) is 3.37. The average molecular weight is 247 g/mol. The number of H-pyrrole nitrogens is 1. The third-order valence-corrected chi connectivity index (χ3v) is 2.52. The number of phenols is 1. The van der Waals surface area contributed by atoms with E-state index in [9.17, 15) is 5.11 Å². The second-order valence-corrected chi connectivity index (χ2v) is 3.37. The third-order valence-electron chi connectivity index (χ3n) is 2.52. The zero-order valence-electron chi connectivity index (χ0n) is 7.79. The molecule has 0 bridgehead atoms. The van der Waals surface area contributed by atoms with Crippen molar-refractivity contribution in [3.05, 3.63) is 42.5 Å². The summed E-state index contributed by atoms with van der Waals surface area (Å²) < 4.78 is 0. The van der Waals surface area contributed by atoms with Crippen molar-refractivity contribution >= 4 is 21.8 Å². The summed E-state index contributed by atoms with van der Waals surface area (Å²) >= 11 is 0. The SMILES string of the molecule is Oc1cccc2c1[nH]c1ccccc12.[Cu]. The molecule has 1 radical (unpaired) electrons. The smallest absolute Gasteiger partial charge is 0.139 e. The van der Waals surface area contributed by atoms with Gasteiger partial charge in [0.15, 0.2) is 0 Å². The molecular formula is C12H9CuNO. The first kappa shape index (κ1) is 10.1. The Labute approximate surface area is 97.4 Å². The van der Waals surface area contributed by atoms with Crippen LogP contribution in [-0.2, 0) is 17.1 Å². The predicted octanol–water partition coefficient (Wildman–Crippen LogP) is 3.02. The van der Waals surface area contributed by atoms with Gasteiger partial charge in [-0.15, -0.1) is 0 Å². The van der Waals surface area contributed by atoms with Gasteiger partial charge in [0.25, 0.3) is 0 Å². The fraction of sp³-hybridized carbons (Fsp3) is 0. The fourth-order valence-electron chi connectivity index (χ4n) is 1.86. The van der Waals surface area contributed by atoms with Crippen LogP contribution in [0.3, 0.4) is 0 Å². The maximum Gasteiger partial charge on any atom is 0.139 e. The number of aromatic nitrogens is 1. The van der Waals surface area contributed by atoms with Crippen molar-refractivity contribution < 1.29 is 22.2 Å². The van der Waals surface area contributed by atoms with Gasteiger partial charge in [-0.05, 0) is 12.1 Å². The second kappa shape index (κ2) is 3.61. The van der Waals surface area contributed by atoms with Gasteiger partial charge in [-0.25, -0.2) is 0 Å². The quantitative estimate of drug-likeness (QED) is 0.588. The topological polar surface area (TPSA) is 36.0 Å². The molecule has 3 rings (SSSR count). The summed E-state index contributed by atoms with van der Waals surface area (Å²) in [4.78, 5) is 3.20. The number of aromatic amines is 1. The maximum absolute atomic E-state index is 9.64. The molecule has 0 saturated heterocycles. The normalized spacial score (nSPS) is 10.4. The van der Waals surface area contributed by atoms with Crippen LogP contribution >= 0.6 is 0 Å². The Morgan fingerprint density at radius 1 is 0.867 bits per heavy atom. The summed E-state index contributed by atoms with van der Waals surface area (Å²) in [5, 5.41) is 11.9. The number of rotatable bonds is 0. The van der Waals surface area contributed by atoms with Crippen molar-refractivity contribution in [2.75, 3.05) is 0 Å². The Morgan fingerprint density at radius 2 is 1.60 bits per heavy atom. The summed E-state index contributed by atoms with van der Waals surface area (Å²) in [6, 6.07) is 13.6. The monoisotopic (exact) mass is 246 g/mol. The number of aromatic hydroxyl groups is 1. The van der Waals surface area contributed by atoms with Crippen molar-refractivity contribution in [1.82, 2.24) is 4.98 Å². The molecule has 0 amide bonds. The average Bonchev–Trinajstić information content (AvgIpc) is 2.59. The van der Waals surface area contributed by atoms with Gasteiger partial charge in [-0.1, -0.05) is 30.3 Å². The van der Waals surface area contributed by atoms with Crippen LogP contribution in [0.2, 0.25) is 0 Å². The van der Waals surface area contributed by atoms with Crippen molar-refractivity contribution in [3.63, 3.8) is 0 Å². The van der Waals surface area contributed by atoms with Gasteiger partial charge < -0.3 is 10.1 Å². The van der Waals surface area contributed by atoms with E-state index in [1.165, 1.54) is 0 Å². The molecule has 3 heteroatoms. The molecule has 2 nitrogen and oxygen atoms in total. The van der Waals surface area contributed by atoms with E-state index in [0.29, 0.717) is 5.75 Å². The van der Waals surface area contributed by atoms with E-state index in [0.717, 1.165) is 21.8 Å². The van der Waals surface area contributed by atoms with Crippen LogP contribution in [0.15, 0.2) is 42.5 Å². The van der Waals surface area contributed by atoms with E-state index in [1.807, 2.05) is 36.4 Å². The number of phenolic OH excluding ortho intramolecular Hbond substituents is 1. The van der Waals surface area contributed by atoms with Crippen LogP contribution < -0.4 is 0 Å². The van der Waals surface area contributed by atoms with Gasteiger partial charge in [0.1, 0.15) is 5.75 Å². The van der Waals surface area contributed by atoms with Crippen LogP contribution in [0.4, 0.5) is 0 Å². The summed E-state index contributed by atoms with van der Waals surface area (Å²) in [5.74, 6) is 0.304. The minimum Gasteiger partial charge on any atom is -0.506 e. The van der Waals surface area contributed by atoms with Crippen molar-refractivity contribution in [3.8, 4) is 5.75 Å².